The molecular weight excluding hydrogens is 426 g/mol. The van der Waals surface area contributed by atoms with Gasteiger partial charge in [-0.05, 0) is 48.2 Å². The molecule has 6 heteroatoms. The van der Waals surface area contributed by atoms with Crippen LogP contribution in [0, 0.1) is 0 Å². The van der Waals surface area contributed by atoms with Crippen molar-refractivity contribution in [2.24, 2.45) is 0 Å². The third-order valence-corrected chi connectivity index (χ3v) is 6.64. The lowest BCUT2D eigenvalue weighted by Crippen LogP contribution is -2.40. The highest BCUT2D eigenvalue weighted by molar-refractivity contribution is 5.93. The molecule has 4 aromatic rings. The predicted octanol–water partition coefficient (Wildman–Crippen LogP) is 4.89. The van der Waals surface area contributed by atoms with Gasteiger partial charge in [-0.1, -0.05) is 61.7 Å². The SMILES string of the molecule is COc1cccc(Cn2c(C(=O)NC3CCCCC3)cn3c(-c4ccccc4)ccc3c2=O)c1. The zero-order chi connectivity index (χ0) is 23.5. The van der Waals surface area contributed by atoms with E-state index < -0.39 is 0 Å². The summed E-state index contributed by atoms with van der Waals surface area (Å²) in [7, 11) is 1.62. The number of aromatic nitrogens is 2. The Labute approximate surface area is 198 Å². The first-order valence-electron chi connectivity index (χ1n) is 11.9. The van der Waals surface area contributed by atoms with Crippen molar-refractivity contribution in [1.82, 2.24) is 14.3 Å². The van der Waals surface area contributed by atoms with E-state index in [-0.39, 0.29) is 24.1 Å². The molecule has 1 fully saturated rings. The van der Waals surface area contributed by atoms with Gasteiger partial charge in [0.15, 0.2) is 0 Å². The largest absolute Gasteiger partial charge is 0.497 e. The highest BCUT2D eigenvalue weighted by Crippen LogP contribution is 2.23. The van der Waals surface area contributed by atoms with Crippen LogP contribution >= 0.6 is 0 Å². The van der Waals surface area contributed by atoms with Crippen LogP contribution in [-0.2, 0) is 6.54 Å². The quantitative estimate of drug-likeness (QED) is 0.450. The van der Waals surface area contributed by atoms with Gasteiger partial charge in [0.2, 0.25) is 0 Å². The first-order valence-corrected chi connectivity index (χ1v) is 11.9. The molecule has 2 heterocycles. The molecular formula is C28H29N3O3. The number of carbonyl (C=O) groups is 1. The Hall–Kier alpha value is -3.80. The molecule has 34 heavy (non-hydrogen) atoms. The van der Waals surface area contributed by atoms with Crippen LogP contribution in [0.1, 0.15) is 48.2 Å². The van der Waals surface area contributed by atoms with Crippen molar-refractivity contribution in [3.63, 3.8) is 0 Å². The number of hydrogen-bond acceptors (Lipinski definition) is 3. The Morgan fingerprint density at radius 3 is 2.56 bits per heavy atom. The summed E-state index contributed by atoms with van der Waals surface area (Å²) in [6, 6.07) is 21.4. The summed E-state index contributed by atoms with van der Waals surface area (Å²) in [5, 5.41) is 3.19. The van der Waals surface area contributed by atoms with Crippen LogP contribution in [0.5, 0.6) is 5.75 Å². The fourth-order valence-corrected chi connectivity index (χ4v) is 4.84. The van der Waals surface area contributed by atoms with Crippen molar-refractivity contribution in [2.75, 3.05) is 7.11 Å². The molecule has 5 rings (SSSR count). The van der Waals surface area contributed by atoms with Crippen LogP contribution < -0.4 is 15.6 Å². The average molecular weight is 456 g/mol. The van der Waals surface area contributed by atoms with Gasteiger partial charge in [0.05, 0.1) is 19.3 Å². The van der Waals surface area contributed by atoms with Crippen molar-refractivity contribution in [1.29, 1.82) is 0 Å². The lowest BCUT2D eigenvalue weighted by molar-refractivity contribution is 0.0917. The minimum atomic E-state index is -0.207. The maximum Gasteiger partial charge on any atom is 0.275 e. The van der Waals surface area contributed by atoms with Crippen molar-refractivity contribution in [3.8, 4) is 17.0 Å². The number of nitrogens with one attached hydrogen (secondary N) is 1. The summed E-state index contributed by atoms with van der Waals surface area (Å²) in [5.41, 5.74) is 3.47. The van der Waals surface area contributed by atoms with Gasteiger partial charge in [-0.2, -0.15) is 0 Å². The third kappa shape index (κ3) is 4.36. The topological polar surface area (TPSA) is 64.7 Å². The fourth-order valence-electron chi connectivity index (χ4n) is 4.84. The molecule has 6 nitrogen and oxygen atoms in total. The lowest BCUT2D eigenvalue weighted by atomic mass is 9.95. The van der Waals surface area contributed by atoms with E-state index in [2.05, 4.69) is 5.32 Å². The molecule has 1 aliphatic rings. The summed E-state index contributed by atoms with van der Waals surface area (Å²) < 4.78 is 8.78. The number of benzene rings is 2. The van der Waals surface area contributed by atoms with Gasteiger partial charge in [-0.15, -0.1) is 0 Å². The summed E-state index contributed by atoms with van der Waals surface area (Å²) in [4.78, 5) is 27.2. The van der Waals surface area contributed by atoms with Crippen LogP contribution in [0.2, 0.25) is 0 Å². The molecule has 1 N–H and O–H groups in total. The molecule has 0 aliphatic heterocycles. The third-order valence-electron chi connectivity index (χ3n) is 6.64. The molecule has 2 aromatic heterocycles. The summed E-state index contributed by atoms with van der Waals surface area (Å²) in [6.07, 6.45) is 7.21. The van der Waals surface area contributed by atoms with E-state index in [0.29, 0.717) is 17.0 Å². The Kier molecular flexibility index (Phi) is 6.21. The Balaban J connectivity index is 1.62. The van der Waals surface area contributed by atoms with Gasteiger partial charge in [0.1, 0.15) is 17.0 Å². The van der Waals surface area contributed by atoms with E-state index in [1.807, 2.05) is 71.1 Å². The van der Waals surface area contributed by atoms with Gasteiger partial charge >= 0.3 is 0 Å². The van der Waals surface area contributed by atoms with Crippen LogP contribution in [0.15, 0.2) is 77.7 Å². The molecule has 2 aromatic carbocycles. The molecule has 1 saturated carbocycles. The highest BCUT2D eigenvalue weighted by Gasteiger charge is 2.22. The number of amides is 1. The van der Waals surface area contributed by atoms with E-state index in [1.54, 1.807) is 17.9 Å². The van der Waals surface area contributed by atoms with Crippen molar-refractivity contribution < 1.29 is 9.53 Å². The van der Waals surface area contributed by atoms with Crippen molar-refractivity contribution in [3.05, 3.63) is 94.5 Å². The van der Waals surface area contributed by atoms with E-state index in [0.717, 1.165) is 42.5 Å². The molecule has 0 unspecified atom stereocenters. The van der Waals surface area contributed by atoms with Gasteiger partial charge < -0.3 is 14.5 Å². The second-order valence-corrected chi connectivity index (χ2v) is 8.91. The minimum Gasteiger partial charge on any atom is -0.497 e. The zero-order valence-corrected chi connectivity index (χ0v) is 19.4. The second kappa shape index (κ2) is 9.59. The fraction of sp³-hybridized carbons (Fsp3) is 0.286. The van der Waals surface area contributed by atoms with Gasteiger partial charge in [0.25, 0.3) is 11.5 Å². The van der Waals surface area contributed by atoms with Crippen molar-refractivity contribution in [2.45, 2.75) is 44.7 Å². The molecule has 0 atom stereocenters. The number of ether oxygens (including phenoxy) is 1. The second-order valence-electron chi connectivity index (χ2n) is 8.91. The van der Waals surface area contributed by atoms with Gasteiger partial charge in [0, 0.05) is 12.2 Å². The van der Waals surface area contributed by atoms with Crippen LogP contribution in [-0.4, -0.2) is 28.0 Å². The maximum absolute atomic E-state index is 13.7. The van der Waals surface area contributed by atoms with E-state index >= 15 is 0 Å². The van der Waals surface area contributed by atoms with E-state index in [9.17, 15) is 9.59 Å². The van der Waals surface area contributed by atoms with Crippen LogP contribution in [0.25, 0.3) is 16.8 Å². The molecule has 1 amide bonds. The van der Waals surface area contributed by atoms with Gasteiger partial charge in [-0.3, -0.25) is 14.2 Å². The molecule has 0 saturated heterocycles. The predicted molar refractivity (Wildman–Crippen MR) is 134 cm³/mol. The number of methoxy groups -OCH3 is 1. The average Bonchev–Trinajstić information content (AvgIpc) is 3.31. The normalized spacial score (nSPS) is 14.3. The number of nitrogens with zero attached hydrogens (tertiary/aromatic N) is 2. The minimum absolute atomic E-state index is 0.149. The Bertz CT molecular complexity index is 1360. The molecule has 174 valence electrons. The Morgan fingerprint density at radius 1 is 1.00 bits per heavy atom. The number of carbonyl (C=O) groups excluding carboxylic acids is 1. The number of fused-ring (bicyclic) bond motifs is 1. The van der Waals surface area contributed by atoms with Crippen LogP contribution in [0.3, 0.4) is 0 Å². The first-order chi connectivity index (χ1) is 16.6. The molecule has 0 bridgehead atoms. The van der Waals surface area contributed by atoms with Gasteiger partial charge in [-0.25, -0.2) is 0 Å². The lowest BCUT2D eigenvalue weighted by Gasteiger charge is -2.24. The van der Waals surface area contributed by atoms with Crippen molar-refractivity contribution >= 4 is 11.4 Å². The van der Waals surface area contributed by atoms with E-state index in [4.69, 9.17) is 4.74 Å². The molecule has 1 aliphatic carbocycles. The van der Waals surface area contributed by atoms with Crippen LogP contribution in [0.4, 0.5) is 0 Å². The standard InChI is InChI=1S/C28H29N3O3/c1-34-23-14-8-9-20(17-23)18-31-26(27(32)29-22-12-6-3-7-13-22)19-30-24(15-16-25(30)28(31)33)21-10-4-2-5-11-21/h2,4-5,8-11,14-17,19,22H,3,6-7,12-13,18H2,1H3,(H,29,32). The number of rotatable bonds is 6. The Morgan fingerprint density at radius 2 is 1.79 bits per heavy atom. The molecule has 0 radical (unpaired) electrons. The smallest absolute Gasteiger partial charge is 0.275 e. The first kappa shape index (κ1) is 22.0. The monoisotopic (exact) mass is 455 g/mol. The highest BCUT2D eigenvalue weighted by atomic mass is 16.5. The zero-order valence-electron chi connectivity index (χ0n) is 19.4. The number of hydrogen-bond donors (Lipinski definition) is 1. The molecule has 0 spiro atoms. The summed E-state index contributed by atoms with van der Waals surface area (Å²) >= 11 is 0. The summed E-state index contributed by atoms with van der Waals surface area (Å²) in [6.45, 7) is 0.284. The maximum atomic E-state index is 13.7. The van der Waals surface area contributed by atoms with E-state index in [1.165, 1.54) is 6.42 Å². The summed E-state index contributed by atoms with van der Waals surface area (Å²) in [5.74, 6) is 0.510.